The van der Waals surface area contributed by atoms with E-state index in [2.05, 4.69) is 28.8 Å². The first kappa shape index (κ1) is 21.7. The van der Waals surface area contributed by atoms with Crippen molar-refractivity contribution in [2.24, 2.45) is 0 Å². The molecule has 2 aromatic heterocycles. The molecule has 0 fully saturated rings. The lowest BCUT2D eigenvalue weighted by atomic mass is 10.1. The van der Waals surface area contributed by atoms with Gasteiger partial charge in [0.1, 0.15) is 0 Å². The Morgan fingerprint density at radius 1 is 0.611 bits per heavy atom. The maximum atomic E-state index is 11.2. The van der Waals surface area contributed by atoms with Crippen molar-refractivity contribution in [3.8, 4) is 26.6 Å². The first-order valence-corrected chi connectivity index (χ1v) is 12.0. The largest absolute Gasteiger partial charge is 0.308 e. The molecule has 174 valence electrons. The Morgan fingerprint density at radius 3 is 1.72 bits per heavy atom. The highest BCUT2D eigenvalue weighted by Crippen LogP contribution is 2.49. The van der Waals surface area contributed by atoms with Crippen LogP contribution in [0.4, 0.5) is 11.4 Å². The van der Waals surface area contributed by atoms with E-state index in [-0.39, 0.29) is 11.4 Å². The van der Waals surface area contributed by atoms with E-state index in [1.165, 1.54) is 24.3 Å². The van der Waals surface area contributed by atoms with Gasteiger partial charge in [-0.15, -0.1) is 11.3 Å². The Balaban J connectivity index is 1.72. The molecule has 0 unspecified atom stereocenters. The average molecular weight is 492 g/mol. The number of nitro groups is 2. The van der Waals surface area contributed by atoms with E-state index in [0.29, 0.717) is 0 Å². The lowest BCUT2D eigenvalue weighted by Gasteiger charge is -2.09. The summed E-state index contributed by atoms with van der Waals surface area (Å²) >= 11 is 1.58. The average Bonchev–Trinajstić information content (AvgIpc) is 3.45. The molecule has 6 rings (SSSR count). The van der Waals surface area contributed by atoms with Crippen molar-refractivity contribution in [2.45, 2.75) is 0 Å². The van der Waals surface area contributed by atoms with Gasteiger partial charge >= 0.3 is 0 Å². The predicted molar refractivity (Wildman–Crippen MR) is 143 cm³/mol. The number of thiophene rings is 1. The Hall–Kier alpha value is -4.82. The number of rotatable bonds is 5. The second-order valence-corrected chi connectivity index (χ2v) is 9.30. The molecule has 8 heteroatoms. The molecular formula is C28H17N3O4S. The molecule has 0 aliphatic rings. The lowest BCUT2D eigenvalue weighted by Crippen LogP contribution is -1.93. The van der Waals surface area contributed by atoms with Gasteiger partial charge in [-0.1, -0.05) is 36.4 Å². The van der Waals surface area contributed by atoms with Crippen LogP contribution in [0.25, 0.3) is 48.4 Å². The van der Waals surface area contributed by atoms with Crippen molar-refractivity contribution in [2.75, 3.05) is 0 Å². The summed E-state index contributed by atoms with van der Waals surface area (Å²) < 4.78 is 2.22. The summed E-state index contributed by atoms with van der Waals surface area (Å²) in [6, 6.07) is 31.4. The topological polar surface area (TPSA) is 91.2 Å². The number of fused-ring (bicyclic) bond motifs is 3. The summed E-state index contributed by atoms with van der Waals surface area (Å²) in [6.45, 7) is 0. The second kappa shape index (κ2) is 8.44. The van der Waals surface area contributed by atoms with Crippen LogP contribution in [-0.2, 0) is 0 Å². The number of non-ortho nitro benzene ring substituents is 2. The molecule has 0 atom stereocenters. The standard InChI is InChI=1S/C28H17N3O4S/c32-30(33)21-14-10-18(11-15-21)27-25-23-8-4-5-9-24(23)29(20-6-2-1-3-7-20)26(25)28(36-27)19-12-16-22(17-13-19)31(34)35/h1-17H. The highest BCUT2D eigenvalue weighted by molar-refractivity contribution is 7.21. The minimum absolute atomic E-state index is 0.0331. The SMILES string of the molecule is O=[N+]([O-])c1ccc(-c2sc(-c3ccc([N+](=O)[O-])cc3)c3c2c2ccccc2n3-c2ccccc2)cc1. The van der Waals surface area contributed by atoms with Crippen molar-refractivity contribution in [3.63, 3.8) is 0 Å². The molecule has 36 heavy (non-hydrogen) atoms. The second-order valence-electron chi connectivity index (χ2n) is 8.28. The van der Waals surface area contributed by atoms with E-state index < -0.39 is 9.85 Å². The molecule has 0 saturated heterocycles. The van der Waals surface area contributed by atoms with Crippen molar-refractivity contribution >= 4 is 44.5 Å². The Labute approximate surface area is 208 Å². The fourth-order valence-corrected chi connectivity index (χ4v) is 5.91. The molecule has 0 saturated carbocycles. The van der Waals surface area contributed by atoms with Crippen LogP contribution in [0, 0.1) is 20.2 Å². The van der Waals surface area contributed by atoms with Crippen molar-refractivity contribution in [3.05, 3.63) is 123 Å². The van der Waals surface area contributed by atoms with Gasteiger partial charge in [-0.2, -0.15) is 0 Å². The highest BCUT2D eigenvalue weighted by atomic mass is 32.1. The van der Waals surface area contributed by atoms with Gasteiger partial charge in [0.15, 0.2) is 0 Å². The molecule has 0 aliphatic carbocycles. The van der Waals surface area contributed by atoms with Gasteiger partial charge in [0.2, 0.25) is 0 Å². The van der Waals surface area contributed by atoms with Gasteiger partial charge < -0.3 is 4.57 Å². The molecule has 0 spiro atoms. The Bertz CT molecular complexity index is 1770. The van der Waals surface area contributed by atoms with E-state index in [9.17, 15) is 20.2 Å². The minimum Gasteiger partial charge on any atom is -0.308 e. The molecule has 7 nitrogen and oxygen atoms in total. The summed E-state index contributed by atoms with van der Waals surface area (Å²) in [4.78, 5) is 23.6. The van der Waals surface area contributed by atoms with E-state index in [0.717, 1.165) is 48.4 Å². The summed E-state index contributed by atoms with van der Waals surface area (Å²) in [6.07, 6.45) is 0. The van der Waals surface area contributed by atoms with Crippen molar-refractivity contribution in [1.29, 1.82) is 0 Å². The van der Waals surface area contributed by atoms with Crippen molar-refractivity contribution < 1.29 is 9.85 Å². The van der Waals surface area contributed by atoms with Crippen LogP contribution < -0.4 is 0 Å². The maximum absolute atomic E-state index is 11.2. The van der Waals surface area contributed by atoms with Gasteiger partial charge in [-0.3, -0.25) is 20.2 Å². The lowest BCUT2D eigenvalue weighted by molar-refractivity contribution is -0.385. The molecule has 4 aromatic carbocycles. The van der Waals surface area contributed by atoms with E-state index in [1.807, 2.05) is 30.3 Å². The Kier molecular flexibility index (Phi) is 5.09. The minimum atomic E-state index is -0.406. The fraction of sp³-hybridized carbons (Fsp3) is 0. The summed E-state index contributed by atoms with van der Waals surface area (Å²) in [7, 11) is 0. The van der Waals surface area contributed by atoms with E-state index in [1.54, 1.807) is 35.6 Å². The number of para-hydroxylation sites is 2. The first-order chi connectivity index (χ1) is 17.5. The number of hydrogen-bond acceptors (Lipinski definition) is 5. The van der Waals surface area contributed by atoms with E-state index >= 15 is 0 Å². The highest BCUT2D eigenvalue weighted by Gasteiger charge is 2.24. The summed E-state index contributed by atoms with van der Waals surface area (Å²) in [5.74, 6) is 0. The van der Waals surface area contributed by atoms with Crippen LogP contribution in [-0.4, -0.2) is 14.4 Å². The van der Waals surface area contributed by atoms with Gasteiger partial charge in [-0.25, -0.2) is 0 Å². The monoisotopic (exact) mass is 491 g/mol. The van der Waals surface area contributed by atoms with Gasteiger partial charge in [-0.05, 0) is 53.6 Å². The molecule has 0 aliphatic heterocycles. The molecule has 0 radical (unpaired) electrons. The normalized spacial score (nSPS) is 11.2. The molecule has 0 amide bonds. The van der Waals surface area contributed by atoms with Crippen LogP contribution in [0.1, 0.15) is 0 Å². The van der Waals surface area contributed by atoms with Gasteiger partial charge in [0.05, 0.1) is 25.8 Å². The molecule has 0 bridgehead atoms. The van der Waals surface area contributed by atoms with Crippen LogP contribution in [0.2, 0.25) is 0 Å². The molecule has 0 N–H and O–H groups in total. The number of aromatic nitrogens is 1. The van der Waals surface area contributed by atoms with Crippen LogP contribution in [0.3, 0.4) is 0 Å². The number of nitrogens with zero attached hydrogens (tertiary/aromatic N) is 3. The predicted octanol–water partition coefficient (Wildman–Crippen LogP) is 8.00. The smallest absolute Gasteiger partial charge is 0.269 e. The zero-order valence-corrected chi connectivity index (χ0v) is 19.5. The number of benzene rings is 4. The van der Waals surface area contributed by atoms with Gasteiger partial charge in [0, 0.05) is 45.6 Å². The van der Waals surface area contributed by atoms with Crippen molar-refractivity contribution in [1.82, 2.24) is 4.57 Å². The third-order valence-electron chi connectivity index (χ3n) is 6.22. The van der Waals surface area contributed by atoms with Crippen LogP contribution >= 0.6 is 11.3 Å². The van der Waals surface area contributed by atoms with Gasteiger partial charge in [0.25, 0.3) is 11.4 Å². The summed E-state index contributed by atoms with van der Waals surface area (Å²) in [5, 5.41) is 24.6. The Morgan fingerprint density at radius 2 is 1.14 bits per heavy atom. The van der Waals surface area contributed by atoms with E-state index in [4.69, 9.17) is 0 Å². The third-order valence-corrected chi connectivity index (χ3v) is 7.49. The zero-order valence-electron chi connectivity index (χ0n) is 18.7. The number of nitro benzene ring substituents is 2. The number of hydrogen-bond donors (Lipinski definition) is 0. The summed E-state index contributed by atoms with van der Waals surface area (Å²) in [5.41, 5.74) is 4.84. The van der Waals surface area contributed by atoms with Crippen LogP contribution in [0.15, 0.2) is 103 Å². The van der Waals surface area contributed by atoms with Crippen LogP contribution in [0.5, 0.6) is 0 Å². The fourth-order valence-electron chi connectivity index (χ4n) is 4.60. The molecular weight excluding hydrogens is 474 g/mol. The quantitative estimate of drug-likeness (QED) is 0.180. The maximum Gasteiger partial charge on any atom is 0.269 e. The third kappa shape index (κ3) is 3.43. The zero-order chi connectivity index (χ0) is 24.8. The molecule has 6 aromatic rings. The first-order valence-electron chi connectivity index (χ1n) is 11.1. The molecule has 2 heterocycles.